The van der Waals surface area contributed by atoms with Crippen LogP contribution >= 0.6 is 0 Å². The summed E-state index contributed by atoms with van der Waals surface area (Å²) in [5, 5.41) is 12.9. The molecule has 20 heavy (non-hydrogen) atoms. The third-order valence-electron chi connectivity index (χ3n) is 3.95. The highest BCUT2D eigenvalue weighted by molar-refractivity contribution is 5.51. The molecule has 1 saturated heterocycles. The molecular weight excluding hydrogens is 252 g/mol. The van der Waals surface area contributed by atoms with Gasteiger partial charge in [0, 0.05) is 39.0 Å². The second-order valence-corrected chi connectivity index (χ2v) is 5.50. The molecule has 1 heterocycles. The fourth-order valence-corrected chi connectivity index (χ4v) is 2.60. The number of hydrogen-bond donors (Lipinski definition) is 2. The van der Waals surface area contributed by atoms with Crippen LogP contribution in [0.3, 0.4) is 0 Å². The van der Waals surface area contributed by atoms with Gasteiger partial charge in [0.25, 0.3) is 0 Å². The molecule has 0 saturated carbocycles. The molecular formula is C16H26N2O2. The molecule has 0 aromatic heterocycles. The Morgan fingerprint density at radius 1 is 1.35 bits per heavy atom. The summed E-state index contributed by atoms with van der Waals surface area (Å²) in [6.07, 6.45) is 1.63. The maximum Gasteiger partial charge on any atom is 0.0587 e. The van der Waals surface area contributed by atoms with Crippen molar-refractivity contribution < 1.29 is 9.84 Å². The first kappa shape index (κ1) is 15.3. The van der Waals surface area contributed by atoms with Gasteiger partial charge in [-0.1, -0.05) is 6.07 Å². The Bertz CT molecular complexity index is 415. The lowest BCUT2D eigenvalue weighted by atomic mass is 10.0. The summed E-state index contributed by atoms with van der Waals surface area (Å²) in [6, 6.07) is 6.65. The highest BCUT2D eigenvalue weighted by atomic mass is 16.5. The lowest BCUT2D eigenvalue weighted by Crippen LogP contribution is -2.35. The third-order valence-corrected chi connectivity index (χ3v) is 3.95. The lowest BCUT2D eigenvalue weighted by molar-refractivity contribution is 0.145. The number of hydrogen-bond acceptors (Lipinski definition) is 4. The molecule has 4 heteroatoms. The molecule has 0 spiro atoms. The van der Waals surface area contributed by atoms with Crippen molar-refractivity contribution in [2.45, 2.75) is 32.4 Å². The van der Waals surface area contributed by atoms with Crippen LogP contribution in [0.25, 0.3) is 0 Å². The normalized spacial score (nSPS) is 16.6. The van der Waals surface area contributed by atoms with Gasteiger partial charge in [0.1, 0.15) is 0 Å². The molecule has 1 aromatic rings. The van der Waals surface area contributed by atoms with E-state index < -0.39 is 0 Å². The Labute approximate surface area is 121 Å². The van der Waals surface area contributed by atoms with Crippen LogP contribution in [0.1, 0.15) is 24.0 Å². The number of benzene rings is 1. The molecule has 0 aliphatic carbocycles. The largest absolute Gasteiger partial charge is 0.393 e. The van der Waals surface area contributed by atoms with Crippen LogP contribution in [0, 0.1) is 6.92 Å². The third kappa shape index (κ3) is 4.20. The fraction of sp³-hybridized carbons (Fsp3) is 0.625. The molecule has 2 rings (SSSR count). The average Bonchev–Trinajstić information content (AvgIpc) is 2.46. The van der Waals surface area contributed by atoms with E-state index in [1.807, 2.05) is 0 Å². The number of ether oxygens (including phenoxy) is 1. The first-order valence-corrected chi connectivity index (χ1v) is 7.43. The van der Waals surface area contributed by atoms with Gasteiger partial charge in [-0.2, -0.15) is 0 Å². The Morgan fingerprint density at radius 2 is 2.10 bits per heavy atom. The van der Waals surface area contributed by atoms with E-state index >= 15 is 0 Å². The molecule has 4 nitrogen and oxygen atoms in total. The Balaban J connectivity index is 1.91. The van der Waals surface area contributed by atoms with Gasteiger partial charge in [-0.15, -0.1) is 0 Å². The monoisotopic (exact) mass is 278 g/mol. The molecule has 2 N–H and O–H groups in total. The number of nitrogens with one attached hydrogen (secondary N) is 1. The summed E-state index contributed by atoms with van der Waals surface area (Å²) in [7, 11) is 1.72. The van der Waals surface area contributed by atoms with Crippen molar-refractivity contribution in [3.8, 4) is 0 Å². The number of aliphatic hydroxyl groups is 1. The summed E-state index contributed by atoms with van der Waals surface area (Å²) in [4.78, 5) is 2.36. The van der Waals surface area contributed by atoms with Gasteiger partial charge in [0.05, 0.1) is 12.7 Å². The minimum Gasteiger partial charge on any atom is -0.393 e. The number of piperidine rings is 1. The average molecular weight is 278 g/mol. The quantitative estimate of drug-likeness (QED) is 0.777. The number of rotatable bonds is 6. The second-order valence-electron chi connectivity index (χ2n) is 5.50. The minimum atomic E-state index is -0.114. The Hall–Kier alpha value is -1.10. The number of methoxy groups -OCH3 is 1. The zero-order valence-corrected chi connectivity index (χ0v) is 12.6. The van der Waals surface area contributed by atoms with Gasteiger partial charge in [-0.3, -0.25) is 0 Å². The maximum atomic E-state index is 9.57. The summed E-state index contributed by atoms with van der Waals surface area (Å²) in [5.74, 6) is 0. The molecule has 1 aliphatic rings. The van der Waals surface area contributed by atoms with Crippen molar-refractivity contribution in [1.29, 1.82) is 0 Å². The molecule has 112 valence electrons. The maximum absolute atomic E-state index is 9.57. The predicted molar refractivity (Wildman–Crippen MR) is 82.2 cm³/mol. The summed E-state index contributed by atoms with van der Waals surface area (Å²) < 4.78 is 5.03. The van der Waals surface area contributed by atoms with Crippen molar-refractivity contribution in [3.63, 3.8) is 0 Å². The molecule has 1 aliphatic heterocycles. The summed E-state index contributed by atoms with van der Waals surface area (Å²) in [5.41, 5.74) is 3.93. The number of nitrogens with zero attached hydrogens (tertiary/aromatic N) is 1. The van der Waals surface area contributed by atoms with E-state index in [4.69, 9.17) is 4.74 Å². The smallest absolute Gasteiger partial charge is 0.0587 e. The van der Waals surface area contributed by atoms with E-state index in [2.05, 4.69) is 35.3 Å². The Morgan fingerprint density at radius 3 is 2.75 bits per heavy atom. The summed E-state index contributed by atoms with van der Waals surface area (Å²) >= 11 is 0. The fourth-order valence-electron chi connectivity index (χ4n) is 2.60. The van der Waals surface area contributed by atoms with Crippen LogP contribution in [0.2, 0.25) is 0 Å². The zero-order valence-electron chi connectivity index (χ0n) is 12.6. The minimum absolute atomic E-state index is 0.114. The van der Waals surface area contributed by atoms with Crippen LogP contribution in [-0.4, -0.2) is 44.6 Å². The lowest BCUT2D eigenvalue weighted by Gasteiger charge is -2.31. The van der Waals surface area contributed by atoms with Gasteiger partial charge in [0.15, 0.2) is 0 Å². The van der Waals surface area contributed by atoms with Gasteiger partial charge in [0.2, 0.25) is 0 Å². The van der Waals surface area contributed by atoms with E-state index in [1.165, 1.54) is 16.8 Å². The number of anilines is 1. The molecule has 0 atom stereocenters. The standard InChI is InChI=1S/C16H26N2O2/c1-13-11-15(18-8-5-16(19)6-9-18)4-3-14(13)12-17-7-10-20-2/h3-4,11,16-17,19H,5-10,12H2,1-2H3. The van der Waals surface area contributed by atoms with Crippen molar-refractivity contribution in [1.82, 2.24) is 5.32 Å². The molecule has 0 amide bonds. The number of aliphatic hydroxyl groups excluding tert-OH is 1. The van der Waals surface area contributed by atoms with Gasteiger partial charge >= 0.3 is 0 Å². The van der Waals surface area contributed by atoms with Crippen molar-refractivity contribution in [2.75, 3.05) is 38.3 Å². The zero-order chi connectivity index (χ0) is 14.4. The van der Waals surface area contributed by atoms with E-state index in [-0.39, 0.29) is 6.10 Å². The molecule has 0 radical (unpaired) electrons. The highest BCUT2D eigenvalue weighted by Gasteiger charge is 2.17. The van der Waals surface area contributed by atoms with Crippen LogP contribution in [0.4, 0.5) is 5.69 Å². The first-order chi connectivity index (χ1) is 9.70. The van der Waals surface area contributed by atoms with Crippen LogP contribution in [0.15, 0.2) is 18.2 Å². The van der Waals surface area contributed by atoms with Gasteiger partial charge < -0.3 is 20.1 Å². The van der Waals surface area contributed by atoms with E-state index in [0.717, 1.165) is 45.6 Å². The van der Waals surface area contributed by atoms with Gasteiger partial charge in [-0.05, 0) is 43.0 Å². The topological polar surface area (TPSA) is 44.7 Å². The van der Waals surface area contributed by atoms with Crippen molar-refractivity contribution >= 4 is 5.69 Å². The summed E-state index contributed by atoms with van der Waals surface area (Å²) in [6.45, 7) is 6.57. The van der Waals surface area contributed by atoms with E-state index in [1.54, 1.807) is 7.11 Å². The molecule has 0 bridgehead atoms. The molecule has 1 aromatic carbocycles. The van der Waals surface area contributed by atoms with Crippen molar-refractivity contribution in [2.24, 2.45) is 0 Å². The first-order valence-electron chi connectivity index (χ1n) is 7.43. The van der Waals surface area contributed by atoms with E-state index in [9.17, 15) is 5.11 Å². The van der Waals surface area contributed by atoms with Crippen LogP contribution < -0.4 is 10.2 Å². The second kappa shape index (κ2) is 7.62. The predicted octanol–water partition coefficient (Wildman–Crippen LogP) is 1.69. The van der Waals surface area contributed by atoms with Gasteiger partial charge in [-0.25, -0.2) is 0 Å². The Kier molecular flexibility index (Phi) is 5.83. The number of aryl methyl sites for hydroxylation is 1. The van der Waals surface area contributed by atoms with Crippen molar-refractivity contribution in [3.05, 3.63) is 29.3 Å². The molecule has 0 unspecified atom stereocenters. The molecule has 1 fully saturated rings. The van der Waals surface area contributed by atoms with E-state index in [0.29, 0.717) is 0 Å². The van der Waals surface area contributed by atoms with Crippen LogP contribution in [-0.2, 0) is 11.3 Å². The SMILES string of the molecule is COCCNCc1ccc(N2CCC(O)CC2)cc1C. The highest BCUT2D eigenvalue weighted by Crippen LogP contribution is 2.23. The van der Waals surface area contributed by atoms with Crippen LogP contribution in [0.5, 0.6) is 0 Å².